The number of nitrogens with one attached hydrogen (secondary N) is 2. The second-order valence-electron chi connectivity index (χ2n) is 8.64. The zero-order chi connectivity index (χ0) is 24.8. The van der Waals surface area contributed by atoms with Crippen LogP contribution in [-0.4, -0.2) is 28.9 Å². The summed E-state index contributed by atoms with van der Waals surface area (Å²) in [5.74, 6) is -2.48. The standard InChI is InChI=1S/C26H27F2N3O3S/c1-16(30-24(32)12-17-10-19(27)13-20(28)11-17)25(33)31-26-29-14-23(35-26)22-9-5-2-6-18(22)15-34-21-7-3-4-8-21/h2,5-6,9-11,13-14,16,21H,3-4,7-8,12,15H2,1H3,(H,30,32)(H,29,31,33)/t16-/m0/s1. The van der Waals surface area contributed by atoms with E-state index < -0.39 is 29.5 Å². The Labute approximate surface area is 206 Å². The minimum atomic E-state index is -0.861. The summed E-state index contributed by atoms with van der Waals surface area (Å²) < 4.78 is 32.7. The molecular formula is C26H27F2N3O3S. The molecule has 1 atom stereocenters. The molecule has 2 N–H and O–H groups in total. The van der Waals surface area contributed by atoms with Gasteiger partial charge in [-0.2, -0.15) is 0 Å². The average Bonchev–Trinajstić information content (AvgIpc) is 3.49. The quantitative estimate of drug-likeness (QED) is 0.422. The van der Waals surface area contributed by atoms with Crippen molar-refractivity contribution in [2.75, 3.05) is 5.32 Å². The van der Waals surface area contributed by atoms with Crippen LogP contribution in [0.25, 0.3) is 10.4 Å². The summed E-state index contributed by atoms with van der Waals surface area (Å²) in [6.07, 6.45) is 6.42. The number of carbonyl (C=O) groups is 2. The van der Waals surface area contributed by atoms with Crippen molar-refractivity contribution < 1.29 is 23.1 Å². The SMILES string of the molecule is C[C@H](NC(=O)Cc1cc(F)cc(F)c1)C(=O)Nc1ncc(-c2ccccc2COC2CCCC2)s1. The monoisotopic (exact) mass is 499 g/mol. The van der Waals surface area contributed by atoms with Crippen LogP contribution in [-0.2, 0) is 27.4 Å². The number of benzene rings is 2. The molecule has 4 rings (SSSR count). The molecule has 9 heteroatoms. The fourth-order valence-corrected chi connectivity index (χ4v) is 4.96. The lowest BCUT2D eigenvalue weighted by atomic mass is 10.1. The Bertz CT molecular complexity index is 1170. The van der Waals surface area contributed by atoms with Gasteiger partial charge in [0.2, 0.25) is 11.8 Å². The zero-order valence-corrected chi connectivity index (χ0v) is 20.2. The molecule has 1 fully saturated rings. The van der Waals surface area contributed by atoms with E-state index in [1.54, 1.807) is 6.20 Å². The molecule has 2 amide bonds. The van der Waals surface area contributed by atoms with Gasteiger partial charge < -0.3 is 15.4 Å². The molecule has 0 aliphatic heterocycles. The maximum absolute atomic E-state index is 13.3. The van der Waals surface area contributed by atoms with Gasteiger partial charge in [0.15, 0.2) is 5.13 Å². The van der Waals surface area contributed by atoms with Crippen LogP contribution in [0, 0.1) is 11.6 Å². The molecule has 0 radical (unpaired) electrons. The third kappa shape index (κ3) is 6.93. The van der Waals surface area contributed by atoms with Crippen LogP contribution in [0.15, 0.2) is 48.7 Å². The van der Waals surface area contributed by atoms with E-state index in [2.05, 4.69) is 15.6 Å². The van der Waals surface area contributed by atoms with Gasteiger partial charge in [-0.25, -0.2) is 13.8 Å². The highest BCUT2D eigenvalue weighted by Gasteiger charge is 2.19. The van der Waals surface area contributed by atoms with Gasteiger partial charge in [0, 0.05) is 12.3 Å². The largest absolute Gasteiger partial charge is 0.374 e. The van der Waals surface area contributed by atoms with Crippen molar-refractivity contribution in [3.63, 3.8) is 0 Å². The Kier molecular flexibility index (Phi) is 8.20. The summed E-state index contributed by atoms with van der Waals surface area (Å²) in [6, 6.07) is 10.0. The number of nitrogens with zero attached hydrogens (tertiary/aromatic N) is 1. The number of ether oxygens (including phenoxy) is 1. The van der Waals surface area contributed by atoms with Crippen molar-refractivity contribution in [3.05, 3.63) is 71.4 Å². The molecule has 184 valence electrons. The van der Waals surface area contributed by atoms with E-state index in [4.69, 9.17) is 4.74 Å². The molecule has 1 saturated carbocycles. The maximum Gasteiger partial charge on any atom is 0.248 e. The Morgan fingerprint density at radius 1 is 1.14 bits per heavy atom. The van der Waals surface area contributed by atoms with Crippen molar-refractivity contribution in [3.8, 4) is 10.4 Å². The van der Waals surface area contributed by atoms with E-state index in [1.165, 1.54) is 31.1 Å². The van der Waals surface area contributed by atoms with E-state index >= 15 is 0 Å². The first-order chi connectivity index (χ1) is 16.9. The van der Waals surface area contributed by atoms with Gasteiger partial charge in [0.05, 0.1) is 24.0 Å². The van der Waals surface area contributed by atoms with Crippen LogP contribution in [0.1, 0.15) is 43.7 Å². The number of thiazole rings is 1. The minimum absolute atomic E-state index is 0.188. The Morgan fingerprint density at radius 2 is 1.86 bits per heavy atom. The fourth-order valence-electron chi connectivity index (χ4n) is 4.08. The number of halogens is 2. The highest BCUT2D eigenvalue weighted by Crippen LogP contribution is 2.32. The summed E-state index contributed by atoms with van der Waals surface area (Å²) in [5, 5.41) is 5.67. The van der Waals surface area contributed by atoms with Crippen molar-refractivity contribution in [2.45, 2.75) is 57.8 Å². The summed E-state index contributed by atoms with van der Waals surface area (Å²) in [7, 11) is 0. The van der Waals surface area contributed by atoms with E-state index in [1.807, 2.05) is 24.3 Å². The Morgan fingerprint density at radius 3 is 2.60 bits per heavy atom. The van der Waals surface area contributed by atoms with Crippen molar-refractivity contribution in [1.29, 1.82) is 0 Å². The number of hydrogen-bond acceptors (Lipinski definition) is 5. The zero-order valence-electron chi connectivity index (χ0n) is 19.4. The van der Waals surface area contributed by atoms with Gasteiger partial charge in [-0.3, -0.25) is 9.59 Å². The van der Waals surface area contributed by atoms with Crippen LogP contribution < -0.4 is 10.6 Å². The topological polar surface area (TPSA) is 80.3 Å². The van der Waals surface area contributed by atoms with Crippen LogP contribution in [0.2, 0.25) is 0 Å². The van der Waals surface area contributed by atoms with Gasteiger partial charge in [-0.05, 0) is 48.6 Å². The molecule has 0 bridgehead atoms. The molecule has 3 aromatic rings. The lowest BCUT2D eigenvalue weighted by molar-refractivity contribution is -0.125. The molecule has 1 aliphatic rings. The second-order valence-corrected chi connectivity index (χ2v) is 9.67. The Balaban J connectivity index is 1.33. The molecule has 35 heavy (non-hydrogen) atoms. The van der Waals surface area contributed by atoms with Crippen molar-refractivity contribution in [1.82, 2.24) is 10.3 Å². The molecule has 6 nitrogen and oxygen atoms in total. The molecule has 1 aromatic heterocycles. The highest BCUT2D eigenvalue weighted by atomic mass is 32.1. The van der Waals surface area contributed by atoms with E-state index in [9.17, 15) is 18.4 Å². The molecule has 0 saturated heterocycles. The van der Waals surface area contributed by atoms with Crippen LogP contribution >= 0.6 is 11.3 Å². The van der Waals surface area contributed by atoms with Gasteiger partial charge in [-0.1, -0.05) is 48.4 Å². The first kappa shape index (κ1) is 24.9. The second kappa shape index (κ2) is 11.5. The van der Waals surface area contributed by atoms with Gasteiger partial charge in [-0.15, -0.1) is 0 Å². The van der Waals surface area contributed by atoms with Gasteiger partial charge in [0.1, 0.15) is 17.7 Å². The van der Waals surface area contributed by atoms with E-state index in [-0.39, 0.29) is 12.0 Å². The summed E-state index contributed by atoms with van der Waals surface area (Å²) >= 11 is 1.33. The molecule has 0 unspecified atom stereocenters. The van der Waals surface area contributed by atoms with Crippen LogP contribution in [0.5, 0.6) is 0 Å². The lowest BCUT2D eigenvalue weighted by Crippen LogP contribution is -2.42. The van der Waals surface area contributed by atoms with Crippen molar-refractivity contribution in [2.24, 2.45) is 0 Å². The predicted octanol–water partition coefficient (Wildman–Crippen LogP) is 5.23. The summed E-state index contributed by atoms with van der Waals surface area (Å²) in [5.41, 5.74) is 2.26. The molecule has 2 aromatic carbocycles. The minimum Gasteiger partial charge on any atom is -0.374 e. The number of carbonyl (C=O) groups excluding carboxylic acids is 2. The first-order valence-electron chi connectivity index (χ1n) is 11.6. The predicted molar refractivity (Wildman–Crippen MR) is 131 cm³/mol. The number of amides is 2. The maximum atomic E-state index is 13.3. The number of rotatable bonds is 9. The van der Waals surface area contributed by atoms with Gasteiger partial charge >= 0.3 is 0 Å². The first-order valence-corrected chi connectivity index (χ1v) is 12.4. The fraction of sp³-hybridized carbons (Fsp3) is 0.346. The number of anilines is 1. The molecule has 0 spiro atoms. The highest BCUT2D eigenvalue weighted by molar-refractivity contribution is 7.19. The van der Waals surface area contributed by atoms with E-state index in [0.717, 1.165) is 47.0 Å². The van der Waals surface area contributed by atoms with E-state index in [0.29, 0.717) is 17.8 Å². The molecular weight excluding hydrogens is 472 g/mol. The number of hydrogen-bond donors (Lipinski definition) is 2. The van der Waals surface area contributed by atoms with Crippen molar-refractivity contribution >= 4 is 28.3 Å². The smallest absolute Gasteiger partial charge is 0.248 e. The normalized spacial score (nSPS) is 14.6. The summed E-state index contributed by atoms with van der Waals surface area (Å²) in [4.78, 5) is 30.0. The Hall–Kier alpha value is -3.17. The molecule has 1 aliphatic carbocycles. The molecule has 1 heterocycles. The number of aromatic nitrogens is 1. The average molecular weight is 500 g/mol. The third-order valence-corrected chi connectivity index (χ3v) is 6.80. The van der Waals surface area contributed by atoms with Crippen LogP contribution in [0.4, 0.5) is 13.9 Å². The third-order valence-electron chi connectivity index (χ3n) is 5.85. The van der Waals surface area contributed by atoms with Gasteiger partial charge in [0.25, 0.3) is 0 Å². The van der Waals surface area contributed by atoms with Crippen LogP contribution in [0.3, 0.4) is 0 Å². The summed E-state index contributed by atoms with van der Waals surface area (Å²) in [6.45, 7) is 2.06. The lowest BCUT2D eigenvalue weighted by Gasteiger charge is -2.13.